The van der Waals surface area contributed by atoms with Gasteiger partial charge in [-0.25, -0.2) is 4.79 Å². The van der Waals surface area contributed by atoms with E-state index in [2.05, 4.69) is 0 Å². The number of nitrogens with zero attached hydrogens (tertiary/aromatic N) is 3. The van der Waals surface area contributed by atoms with Gasteiger partial charge in [-0.1, -0.05) is 23.2 Å². The third-order valence-electron chi connectivity index (χ3n) is 4.18. The van der Waals surface area contributed by atoms with Gasteiger partial charge in [0.25, 0.3) is 0 Å². The van der Waals surface area contributed by atoms with Crippen LogP contribution in [0, 0.1) is 0 Å². The first kappa shape index (κ1) is 16.4. The van der Waals surface area contributed by atoms with Crippen LogP contribution in [0.15, 0.2) is 16.9 Å². The summed E-state index contributed by atoms with van der Waals surface area (Å²) in [6.07, 6.45) is 0.512. The number of aryl methyl sites for hydroxylation is 1. The van der Waals surface area contributed by atoms with Gasteiger partial charge in [-0.05, 0) is 18.6 Å². The molecule has 1 aromatic heterocycles. The quantitative estimate of drug-likeness (QED) is 0.904. The highest BCUT2D eigenvalue weighted by molar-refractivity contribution is 6.42. The first-order valence-electron chi connectivity index (χ1n) is 7.38. The highest BCUT2D eigenvalue weighted by Gasteiger charge is 2.24. The Bertz CT molecular complexity index is 827. The zero-order valence-corrected chi connectivity index (χ0v) is 14.1. The highest BCUT2D eigenvalue weighted by atomic mass is 35.5. The molecule has 1 atom stereocenters. The van der Waals surface area contributed by atoms with E-state index in [1.807, 2.05) is 0 Å². The fourth-order valence-corrected chi connectivity index (χ4v) is 3.31. The van der Waals surface area contributed by atoms with Gasteiger partial charge in [0.05, 0.1) is 33.7 Å². The topological polar surface area (TPSA) is 67.5 Å². The molecule has 1 fully saturated rings. The molecule has 1 unspecified atom stereocenters. The predicted octanol–water partition coefficient (Wildman–Crippen LogP) is 1.63. The number of amides is 1. The van der Waals surface area contributed by atoms with Crippen molar-refractivity contribution in [3.8, 4) is 0 Å². The molecule has 1 amide bonds. The number of aliphatic hydroxyl groups excluding tert-OH is 1. The molecule has 1 aliphatic rings. The third-order valence-corrected chi connectivity index (χ3v) is 4.91. The van der Waals surface area contributed by atoms with E-state index >= 15 is 0 Å². The van der Waals surface area contributed by atoms with Crippen molar-refractivity contribution in [2.45, 2.75) is 25.5 Å². The van der Waals surface area contributed by atoms with Gasteiger partial charge in [-0.15, -0.1) is 0 Å². The van der Waals surface area contributed by atoms with E-state index in [1.54, 1.807) is 24.1 Å². The van der Waals surface area contributed by atoms with Crippen molar-refractivity contribution in [1.29, 1.82) is 0 Å². The number of rotatable bonds is 4. The van der Waals surface area contributed by atoms with Gasteiger partial charge < -0.3 is 10.0 Å². The number of carbonyl (C=O) groups is 1. The molecule has 8 heteroatoms. The van der Waals surface area contributed by atoms with Crippen molar-refractivity contribution in [3.05, 3.63) is 32.7 Å². The molecule has 3 rings (SSSR count). The molecule has 2 heterocycles. The molecular weight excluding hydrogens is 341 g/mol. The normalized spacial score (nSPS) is 16.5. The van der Waals surface area contributed by atoms with Crippen LogP contribution in [-0.4, -0.2) is 44.2 Å². The molecule has 1 saturated heterocycles. The maximum Gasteiger partial charge on any atom is 0.328 e. The first-order valence-corrected chi connectivity index (χ1v) is 8.14. The summed E-state index contributed by atoms with van der Waals surface area (Å²) in [6.45, 7) is 0.975. The van der Waals surface area contributed by atoms with Crippen molar-refractivity contribution in [2.24, 2.45) is 7.05 Å². The Hall–Kier alpha value is -1.50. The minimum absolute atomic E-state index is 0.0455. The first-order chi connectivity index (χ1) is 10.9. The Morgan fingerprint density at radius 2 is 1.83 bits per heavy atom. The summed E-state index contributed by atoms with van der Waals surface area (Å²) in [6, 6.07) is 3.25. The van der Waals surface area contributed by atoms with E-state index < -0.39 is 6.10 Å². The third kappa shape index (κ3) is 2.98. The molecule has 0 radical (unpaired) electrons. The fourth-order valence-electron chi connectivity index (χ4n) is 2.99. The lowest BCUT2D eigenvalue weighted by Gasteiger charge is -2.20. The molecule has 124 valence electrons. The lowest BCUT2D eigenvalue weighted by Crippen LogP contribution is -2.37. The number of likely N-dealkylation sites (tertiary alicyclic amines) is 1. The molecule has 6 nitrogen and oxygen atoms in total. The predicted molar refractivity (Wildman–Crippen MR) is 89.0 cm³/mol. The van der Waals surface area contributed by atoms with Crippen LogP contribution in [0.25, 0.3) is 11.0 Å². The Morgan fingerprint density at radius 3 is 2.43 bits per heavy atom. The van der Waals surface area contributed by atoms with Crippen molar-refractivity contribution >= 4 is 40.1 Å². The summed E-state index contributed by atoms with van der Waals surface area (Å²) in [5.74, 6) is 0.0455. The van der Waals surface area contributed by atoms with E-state index in [9.17, 15) is 14.7 Å². The van der Waals surface area contributed by atoms with Gasteiger partial charge >= 0.3 is 5.69 Å². The maximum atomic E-state index is 12.4. The van der Waals surface area contributed by atoms with E-state index in [1.165, 1.54) is 9.13 Å². The minimum atomic E-state index is -0.824. The smallest absolute Gasteiger partial charge is 0.328 e. The Morgan fingerprint density at radius 1 is 1.17 bits per heavy atom. The highest BCUT2D eigenvalue weighted by Crippen LogP contribution is 2.27. The van der Waals surface area contributed by atoms with E-state index in [-0.39, 0.29) is 24.7 Å². The molecule has 0 bridgehead atoms. The maximum absolute atomic E-state index is 12.4. The number of β-amino-alcohol motifs (C(OH)–C–C–N with tert-alkyl or cyclic N) is 1. The van der Waals surface area contributed by atoms with Crippen molar-refractivity contribution in [2.75, 3.05) is 13.1 Å². The van der Waals surface area contributed by atoms with Crippen LogP contribution in [0.2, 0.25) is 10.0 Å². The van der Waals surface area contributed by atoms with E-state index in [4.69, 9.17) is 23.2 Å². The Kier molecular flexibility index (Phi) is 4.40. The van der Waals surface area contributed by atoms with Crippen molar-refractivity contribution in [1.82, 2.24) is 14.0 Å². The zero-order valence-electron chi connectivity index (χ0n) is 12.6. The zero-order chi connectivity index (χ0) is 16.7. The second-order valence-corrected chi connectivity index (χ2v) is 6.62. The molecule has 0 saturated carbocycles. The number of hydrogen-bond donors (Lipinski definition) is 1. The van der Waals surface area contributed by atoms with E-state index in [0.29, 0.717) is 34.0 Å². The average molecular weight is 358 g/mol. The van der Waals surface area contributed by atoms with Gasteiger partial charge in [0.15, 0.2) is 0 Å². The minimum Gasteiger partial charge on any atom is -0.389 e. The lowest BCUT2D eigenvalue weighted by atomic mass is 10.3. The lowest BCUT2D eigenvalue weighted by molar-refractivity contribution is -0.129. The Labute approximate surface area is 142 Å². The average Bonchev–Trinajstić information content (AvgIpc) is 2.99. The van der Waals surface area contributed by atoms with E-state index in [0.717, 1.165) is 6.42 Å². The molecule has 0 aliphatic carbocycles. The molecule has 1 aliphatic heterocycles. The molecule has 1 aromatic carbocycles. The van der Waals surface area contributed by atoms with Gasteiger partial charge in [0.1, 0.15) is 0 Å². The number of imidazole rings is 1. The molecule has 0 spiro atoms. The van der Waals surface area contributed by atoms with Crippen LogP contribution in [0.5, 0.6) is 0 Å². The van der Waals surface area contributed by atoms with Crippen molar-refractivity contribution in [3.63, 3.8) is 0 Å². The van der Waals surface area contributed by atoms with Crippen LogP contribution in [0.1, 0.15) is 12.8 Å². The molecule has 23 heavy (non-hydrogen) atoms. The summed E-state index contributed by atoms with van der Waals surface area (Å²) in [5.41, 5.74) is 0.998. The van der Waals surface area contributed by atoms with Crippen molar-refractivity contribution < 1.29 is 9.90 Å². The van der Waals surface area contributed by atoms with Crippen LogP contribution in [0.4, 0.5) is 0 Å². The summed E-state index contributed by atoms with van der Waals surface area (Å²) in [7, 11) is 1.64. The number of carbonyl (C=O) groups excluding carboxylic acids is 1. The SMILES string of the molecule is Cn1c(=O)n(CC(O)CN2CCCC2=O)c2cc(Cl)c(Cl)cc21. The van der Waals surface area contributed by atoms with Gasteiger partial charge in [-0.2, -0.15) is 0 Å². The summed E-state index contributed by atoms with van der Waals surface area (Å²) < 4.78 is 2.92. The summed E-state index contributed by atoms with van der Waals surface area (Å²) in [5, 5.41) is 11.0. The number of halogens is 2. The number of fused-ring (bicyclic) bond motifs is 1. The van der Waals surface area contributed by atoms with Gasteiger partial charge in [0, 0.05) is 26.6 Å². The second kappa shape index (κ2) is 6.19. The number of hydrogen-bond acceptors (Lipinski definition) is 3. The molecule has 2 aromatic rings. The van der Waals surface area contributed by atoms with Gasteiger partial charge in [-0.3, -0.25) is 13.9 Å². The fraction of sp³-hybridized carbons (Fsp3) is 0.467. The molecular formula is C15H17Cl2N3O3. The number of aliphatic hydroxyl groups is 1. The standard InChI is InChI=1S/C15H17Cl2N3O3/c1-18-12-5-10(16)11(17)6-13(12)20(15(18)23)8-9(21)7-19-4-2-3-14(19)22/h5-6,9,21H,2-4,7-8H2,1H3. The Balaban J connectivity index is 1.90. The van der Waals surface area contributed by atoms with Crippen LogP contribution < -0.4 is 5.69 Å². The van der Waals surface area contributed by atoms with Crippen LogP contribution in [-0.2, 0) is 18.4 Å². The number of aromatic nitrogens is 2. The number of benzene rings is 1. The van der Waals surface area contributed by atoms with Crippen LogP contribution in [0.3, 0.4) is 0 Å². The molecule has 1 N–H and O–H groups in total. The summed E-state index contributed by atoms with van der Waals surface area (Å²) >= 11 is 12.0. The van der Waals surface area contributed by atoms with Gasteiger partial charge in [0.2, 0.25) is 5.91 Å². The largest absolute Gasteiger partial charge is 0.389 e. The monoisotopic (exact) mass is 357 g/mol. The second-order valence-electron chi connectivity index (χ2n) is 5.80. The summed E-state index contributed by atoms with van der Waals surface area (Å²) in [4.78, 5) is 25.7. The van der Waals surface area contributed by atoms with Crippen LogP contribution >= 0.6 is 23.2 Å².